The van der Waals surface area contributed by atoms with Gasteiger partial charge in [0.1, 0.15) is 3.14 Å². The van der Waals surface area contributed by atoms with Crippen molar-refractivity contribution in [2.24, 2.45) is 0 Å². The molecule has 4 rings (SSSR count). The number of halogens is 3. The zero-order valence-corrected chi connectivity index (χ0v) is 18.0. The van der Waals surface area contributed by atoms with E-state index < -0.39 is 0 Å². The Kier molecular flexibility index (Phi) is 4.64. The van der Waals surface area contributed by atoms with Crippen LogP contribution in [0.4, 0.5) is 0 Å². The van der Waals surface area contributed by atoms with Gasteiger partial charge in [-0.15, -0.1) is 34.4 Å². The van der Waals surface area contributed by atoms with Gasteiger partial charge in [-0.25, -0.2) is 0 Å². The third-order valence-corrected chi connectivity index (χ3v) is 11.1. The van der Waals surface area contributed by atoms with Crippen molar-refractivity contribution < 1.29 is 0 Å². The third-order valence-electron chi connectivity index (χ3n) is 3.22. The van der Waals surface area contributed by atoms with Gasteiger partial charge in [-0.2, -0.15) is 0 Å². The van der Waals surface area contributed by atoms with Gasteiger partial charge in [-0.3, -0.25) is 0 Å². The number of hydrogen-bond acceptors (Lipinski definition) is 6. The highest BCUT2D eigenvalue weighted by molar-refractivity contribution is 8.77. The molecule has 0 aliphatic carbocycles. The zero-order valence-electron chi connectivity index (χ0n) is 10.8. The summed E-state index contributed by atoms with van der Waals surface area (Å²) in [5.74, 6) is 0.930. The molecule has 2 heterocycles. The van der Waals surface area contributed by atoms with Crippen molar-refractivity contribution in [3.05, 3.63) is 18.2 Å². The molecule has 2 aromatic carbocycles. The first-order valence-corrected chi connectivity index (χ1v) is 12.4. The van der Waals surface area contributed by atoms with Crippen molar-refractivity contribution in [3.63, 3.8) is 0 Å². The molecule has 0 N–H and O–H groups in total. The molecule has 0 amide bonds. The van der Waals surface area contributed by atoms with E-state index >= 15 is 0 Å². The maximum absolute atomic E-state index is 6.64. The van der Waals surface area contributed by atoms with Crippen molar-refractivity contribution in [2.75, 3.05) is 5.75 Å². The number of hydrogen-bond donors (Lipinski definition) is 0. The second-order valence-electron chi connectivity index (χ2n) is 4.39. The van der Waals surface area contributed by atoms with Crippen LogP contribution in [0, 0.1) is 3.14 Å². The molecule has 0 bridgehead atoms. The molecule has 1 aromatic heterocycles. The molecule has 0 spiro atoms. The Balaban J connectivity index is 2.35. The van der Waals surface area contributed by atoms with E-state index in [1.165, 1.54) is 5.39 Å². The first kappa shape index (κ1) is 16.6. The Morgan fingerprint density at radius 1 is 0.909 bits per heavy atom. The van der Waals surface area contributed by atoms with E-state index in [0.717, 1.165) is 43.4 Å². The molecule has 0 fully saturated rings. The van der Waals surface area contributed by atoms with Gasteiger partial charge in [0.05, 0.1) is 24.5 Å². The zero-order chi connectivity index (χ0) is 15.6. The molecule has 0 unspecified atom stereocenters. The number of fused-ring (bicyclic) bond motifs is 2. The third kappa shape index (κ3) is 2.30. The van der Waals surface area contributed by atoms with Gasteiger partial charge in [0.15, 0.2) is 0 Å². The second-order valence-corrected chi connectivity index (χ2v) is 12.2. The summed E-state index contributed by atoms with van der Waals surface area (Å²) in [6.45, 7) is 2.11. The fourth-order valence-electron chi connectivity index (χ4n) is 2.40. The minimum Gasteiger partial charge on any atom is -0.124 e. The summed E-state index contributed by atoms with van der Waals surface area (Å²) in [6, 6.07) is 0. The van der Waals surface area contributed by atoms with Crippen LogP contribution in [0.5, 0.6) is 0 Å². The van der Waals surface area contributed by atoms with E-state index in [1.54, 1.807) is 56.0 Å². The van der Waals surface area contributed by atoms with Gasteiger partial charge in [-0.05, 0) is 5.75 Å². The average Bonchev–Trinajstić information content (AvgIpc) is 3.08. The van der Waals surface area contributed by atoms with Crippen LogP contribution in [0.3, 0.4) is 0 Å². The van der Waals surface area contributed by atoms with E-state index in [1.807, 2.05) is 0 Å². The lowest BCUT2D eigenvalue weighted by Gasteiger charge is -2.13. The quantitative estimate of drug-likeness (QED) is 0.213. The van der Waals surface area contributed by atoms with E-state index in [0.29, 0.717) is 10.0 Å². The number of thioether (sulfide) groups is 1. The summed E-state index contributed by atoms with van der Waals surface area (Å²) < 4.78 is 3.09. The van der Waals surface area contributed by atoms with Crippen molar-refractivity contribution in [2.45, 2.75) is 21.6 Å². The molecule has 114 valence electrons. The van der Waals surface area contributed by atoms with Gasteiger partial charge in [-0.1, -0.05) is 75.5 Å². The SMILES string of the molecule is CCSc1c(Cl)c(Cl)c2c3c(c(Cl)c4sc(=S)sc4c13)SS2. The van der Waals surface area contributed by atoms with Crippen molar-refractivity contribution in [1.82, 2.24) is 0 Å². The molecule has 0 nitrogen and oxygen atoms in total. The molecule has 1 aliphatic rings. The predicted molar refractivity (Wildman–Crippen MR) is 111 cm³/mol. The molecule has 1 aliphatic heterocycles. The maximum Gasteiger partial charge on any atom is 0.144 e. The lowest BCUT2D eigenvalue weighted by molar-refractivity contribution is 1.41. The highest BCUT2D eigenvalue weighted by Crippen LogP contribution is 2.62. The molecule has 9 heteroatoms. The Morgan fingerprint density at radius 2 is 1.55 bits per heavy atom. The minimum absolute atomic E-state index is 0.635. The minimum atomic E-state index is 0.635. The molecule has 3 aromatic rings. The first-order valence-electron chi connectivity index (χ1n) is 6.11. The van der Waals surface area contributed by atoms with Crippen LogP contribution in [0.2, 0.25) is 15.1 Å². The van der Waals surface area contributed by atoms with Crippen LogP contribution >= 0.6 is 103 Å². The van der Waals surface area contributed by atoms with Crippen LogP contribution in [0.25, 0.3) is 20.2 Å². The van der Waals surface area contributed by atoms with E-state index in [2.05, 4.69) is 6.92 Å². The maximum atomic E-state index is 6.64. The fraction of sp³-hybridized carbons (Fsp3) is 0.154. The van der Waals surface area contributed by atoms with Crippen LogP contribution in [-0.4, -0.2) is 5.75 Å². The van der Waals surface area contributed by atoms with Gasteiger partial charge in [0.25, 0.3) is 0 Å². The molecule has 0 atom stereocenters. The van der Waals surface area contributed by atoms with E-state index in [-0.39, 0.29) is 0 Å². The van der Waals surface area contributed by atoms with E-state index in [4.69, 9.17) is 47.0 Å². The molecular formula is C13H5Cl3S6. The van der Waals surface area contributed by atoms with Gasteiger partial charge in [0.2, 0.25) is 0 Å². The lowest BCUT2D eigenvalue weighted by Crippen LogP contribution is -1.87. The Hall–Kier alpha value is 1.15. The molecule has 0 saturated heterocycles. The Labute approximate surface area is 167 Å². The number of benzene rings is 2. The summed E-state index contributed by atoms with van der Waals surface area (Å²) in [5, 5.41) is 4.38. The van der Waals surface area contributed by atoms with Crippen molar-refractivity contribution in [1.29, 1.82) is 0 Å². The number of rotatable bonds is 2. The summed E-state index contributed by atoms with van der Waals surface area (Å²) >= 11 is 30.0. The topological polar surface area (TPSA) is 0 Å². The summed E-state index contributed by atoms with van der Waals surface area (Å²) in [5.41, 5.74) is 0. The first-order chi connectivity index (χ1) is 10.5. The standard InChI is InChI=1S/C13H5Cl3S6/c1-2-18-8-3-4-9(6(15)5(8)14)21-22-10(4)7(16)12-11(3)19-13(17)20-12/h2H2,1H3. The van der Waals surface area contributed by atoms with Gasteiger partial charge < -0.3 is 0 Å². The Bertz CT molecular complexity index is 1000. The summed E-state index contributed by atoms with van der Waals surface area (Å²) in [7, 11) is 3.29. The van der Waals surface area contributed by atoms with Crippen LogP contribution < -0.4 is 0 Å². The molecule has 0 radical (unpaired) electrons. The highest BCUT2D eigenvalue weighted by Gasteiger charge is 2.30. The highest BCUT2D eigenvalue weighted by atomic mass is 35.5. The van der Waals surface area contributed by atoms with E-state index in [9.17, 15) is 0 Å². The second kappa shape index (κ2) is 6.15. The lowest BCUT2D eigenvalue weighted by atomic mass is 10.1. The Morgan fingerprint density at radius 3 is 2.23 bits per heavy atom. The monoisotopic (exact) mass is 458 g/mol. The summed E-state index contributed by atoms with van der Waals surface area (Å²) in [6.07, 6.45) is 0. The fourth-order valence-corrected chi connectivity index (χ4v) is 10.2. The summed E-state index contributed by atoms with van der Waals surface area (Å²) in [4.78, 5) is 3.16. The molecular weight excluding hydrogens is 455 g/mol. The van der Waals surface area contributed by atoms with Crippen molar-refractivity contribution in [3.8, 4) is 0 Å². The smallest absolute Gasteiger partial charge is 0.124 e. The van der Waals surface area contributed by atoms with Crippen LogP contribution in [0.1, 0.15) is 6.92 Å². The largest absolute Gasteiger partial charge is 0.144 e. The molecule has 0 saturated carbocycles. The van der Waals surface area contributed by atoms with Crippen LogP contribution in [0.15, 0.2) is 14.7 Å². The van der Waals surface area contributed by atoms with Crippen LogP contribution in [-0.2, 0) is 0 Å². The average molecular weight is 460 g/mol. The van der Waals surface area contributed by atoms with Gasteiger partial charge in [0, 0.05) is 25.5 Å². The normalized spacial score (nSPS) is 13.6. The predicted octanol–water partition coefficient (Wildman–Crippen LogP) is 9.03. The molecule has 22 heavy (non-hydrogen) atoms. The van der Waals surface area contributed by atoms with Gasteiger partial charge >= 0.3 is 0 Å². The van der Waals surface area contributed by atoms with Crippen molar-refractivity contribution >= 4 is 123 Å².